The molecule has 0 aliphatic carbocycles. The van der Waals surface area contributed by atoms with E-state index in [1.165, 1.54) is 11.5 Å². The molecule has 80 valence electrons. The van der Waals surface area contributed by atoms with Crippen LogP contribution in [-0.4, -0.2) is 22.5 Å². The minimum Gasteiger partial charge on any atom is -0.373 e. The monoisotopic (exact) mass is 215 g/mol. The van der Waals surface area contributed by atoms with Crippen LogP contribution in [0.25, 0.3) is 0 Å². The zero-order chi connectivity index (χ0) is 10.2. The highest BCUT2D eigenvalue weighted by Crippen LogP contribution is 2.11. The molecule has 1 heterocycles. The van der Waals surface area contributed by atoms with E-state index in [9.17, 15) is 0 Å². The van der Waals surface area contributed by atoms with Crippen LogP contribution in [0.2, 0.25) is 0 Å². The summed E-state index contributed by atoms with van der Waals surface area (Å²) in [6.07, 6.45) is 2.13. The highest BCUT2D eigenvalue weighted by Gasteiger charge is 2.02. The van der Waals surface area contributed by atoms with Gasteiger partial charge in [-0.15, -0.1) is 0 Å². The first-order valence-corrected chi connectivity index (χ1v) is 5.78. The lowest BCUT2D eigenvalue weighted by atomic mass is 10.5. The van der Waals surface area contributed by atoms with Crippen LogP contribution < -0.4 is 5.32 Å². The minimum absolute atomic E-state index is 0.526. The predicted molar refractivity (Wildman–Crippen MR) is 58.6 cm³/mol. The summed E-state index contributed by atoms with van der Waals surface area (Å²) in [5, 5.41) is 4.09. The number of aromatic nitrogens is 2. The molecule has 4 nitrogen and oxygen atoms in total. The van der Waals surface area contributed by atoms with Crippen molar-refractivity contribution in [1.29, 1.82) is 0 Å². The molecule has 0 aromatic carbocycles. The molecule has 0 saturated heterocycles. The van der Waals surface area contributed by atoms with Gasteiger partial charge in [-0.2, -0.15) is 4.37 Å². The summed E-state index contributed by atoms with van der Waals surface area (Å²) in [6, 6.07) is 0. The summed E-state index contributed by atoms with van der Waals surface area (Å²) < 4.78 is 9.52. The second-order valence-electron chi connectivity index (χ2n) is 3.00. The Morgan fingerprint density at radius 2 is 2.21 bits per heavy atom. The second-order valence-corrected chi connectivity index (χ2v) is 3.75. The van der Waals surface area contributed by atoms with E-state index in [0.29, 0.717) is 6.61 Å². The lowest BCUT2D eigenvalue weighted by Crippen LogP contribution is -2.00. The molecular weight excluding hydrogens is 198 g/mol. The van der Waals surface area contributed by atoms with Gasteiger partial charge in [-0.05, 0) is 12.8 Å². The Bertz CT molecular complexity index is 252. The molecule has 0 aliphatic heterocycles. The molecule has 0 saturated carbocycles. The van der Waals surface area contributed by atoms with Gasteiger partial charge >= 0.3 is 0 Å². The van der Waals surface area contributed by atoms with Crippen molar-refractivity contribution < 1.29 is 4.74 Å². The molecule has 0 unspecified atom stereocenters. The number of hydrogen-bond donors (Lipinski definition) is 1. The van der Waals surface area contributed by atoms with Crippen molar-refractivity contribution in [3.8, 4) is 0 Å². The zero-order valence-corrected chi connectivity index (χ0v) is 9.56. The van der Waals surface area contributed by atoms with Gasteiger partial charge in [-0.25, -0.2) is 4.98 Å². The van der Waals surface area contributed by atoms with Crippen molar-refractivity contribution in [2.45, 2.75) is 33.3 Å². The van der Waals surface area contributed by atoms with Crippen LogP contribution >= 0.6 is 11.5 Å². The Hall–Kier alpha value is -0.680. The second kappa shape index (κ2) is 6.73. The molecular formula is C9H17N3OS. The van der Waals surface area contributed by atoms with Gasteiger partial charge in [0, 0.05) is 24.7 Å². The molecule has 0 spiro atoms. The first kappa shape index (κ1) is 11.4. The Morgan fingerprint density at radius 1 is 1.36 bits per heavy atom. The average molecular weight is 215 g/mol. The molecule has 1 aromatic heterocycles. The Balaban J connectivity index is 2.27. The third-order valence-electron chi connectivity index (χ3n) is 1.57. The van der Waals surface area contributed by atoms with E-state index in [1.807, 2.05) is 0 Å². The molecule has 1 rings (SSSR count). The summed E-state index contributed by atoms with van der Waals surface area (Å²) >= 11 is 1.40. The maximum absolute atomic E-state index is 5.34. The molecule has 0 aliphatic rings. The van der Waals surface area contributed by atoms with Crippen molar-refractivity contribution in [2.75, 3.05) is 18.5 Å². The van der Waals surface area contributed by atoms with Crippen LogP contribution in [0.1, 0.15) is 32.5 Å². The standard InChI is InChI=1S/C9H17N3OS/c1-3-5-10-9-11-8(12-14-9)7-13-6-4-2/h3-7H2,1-2H3,(H,10,11,12). The third-order valence-corrected chi connectivity index (χ3v) is 2.28. The normalized spacial score (nSPS) is 10.4. The summed E-state index contributed by atoms with van der Waals surface area (Å²) in [7, 11) is 0. The first-order chi connectivity index (χ1) is 6.86. The lowest BCUT2D eigenvalue weighted by Gasteiger charge is -1.97. The van der Waals surface area contributed by atoms with Crippen LogP contribution in [0, 0.1) is 0 Å². The Labute approximate surface area is 88.9 Å². The number of rotatable bonds is 7. The molecule has 0 amide bonds. The van der Waals surface area contributed by atoms with Crippen LogP contribution in [0.15, 0.2) is 0 Å². The maximum Gasteiger partial charge on any atom is 0.202 e. The maximum atomic E-state index is 5.34. The third kappa shape index (κ3) is 4.02. The molecule has 5 heteroatoms. The van der Waals surface area contributed by atoms with Gasteiger partial charge in [0.15, 0.2) is 5.82 Å². The summed E-state index contributed by atoms with van der Waals surface area (Å²) in [4.78, 5) is 4.29. The minimum atomic E-state index is 0.526. The van der Waals surface area contributed by atoms with E-state index in [2.05, 4.69) is 28.5 Å². The number of nitrogens with one attached hydrogen (secondary N) is 1. The van der Waals surface area contributed by atoms with Crippen molar-refractivity contribution in [3.63, 3.8) is 0 Å². The summed E-state index contributed by atoms with van der Waals surface area (Å²) in [6.45, 7) is 6.46. The molecule has 1 N–H and O–H groups in total. The topological polar surface area (TPSA) is 47.0 Å². The molecule has 0 radical (unpaired) electrons. The fourth-order valence-electron chi connectivity index (χ4n) is 0.924. The number of nitrogens with zero attached hydrogens (tertiary/aromatic N) is 2. The summed E-state index contributed by atoms with van der Waals surface area (Å²) in [5.74, 6) is 0.780. The van der Waals surface area contributed by atoms with Gasteiger partial charge in [0.2, 0.25) is 5.13 Å². The Morgan fingerprint density at radius 3 is 2.93 bits per heavy atom. The average Bonchev–Trinajstić information content (AvgIpc) is 2.63. The van der Waals surface area contributed by atoms with Crippen molar-refractivity contribution in [2.24, 2.45) is 0 Å². The van der Waals surface area contributed by atoms with Gasteiger partial charge in [-0.1, -0.05) is 13.8 Å². The van der Waals surface area contributed by atoms with Crippen LogP contribution in [0.4, 0.5) is 5.13 Å². The highest BCUT2D eigenvalue weighted by atomic mass is 32.1. The molecule has 0 fully saturated rings. The van der Waals surface area contributed by atoms with Crippen LogP contribution in [0.3, 0.4) is 0 Å². The van der Waals surface area contributed by atoms with Gasteiger partial charge in [0.25, 0.3) is 0 Å². The van der Waals surface area contributed by atoms with E-state index in [0.717, 1.165) is 36.9 Å². The largest absolute Gasteiger partial charge is 0.373 e. The van der Waals surface area contributed by atoms with E-state index < -0.39 is 0 Å². The zero-order valence-electron chi connectivity index (χ0n) is 8.75. The van der Waals surface area contributed by atoms with Gasteiger partial charge < -0.3 is 10.1 Å². The smallest absolute Gasteiger partial charge is 0.202 e. The van der Waals surface area contributed by atoms with Crippen LogP contribution in [-0.2, 0) is 11.3 Å². The Kier molecular flexibility index (Phi) is 5.47. The van der Waals surface area contributed by atoms with Crippen LogP contribution in [0.5, 0.6) is 0 Å². The van der Waals surface area contributed by atoms with Crippen molar-refractivity contribution in [1.82, 2.24) is 9.36 Å². The number of ether oxygens (including phenoxy) is 1. The number of hydrogen-bond acceptors (Lipinski definition) is 5. The fraction of sp³-hybridized carbons (Fsp3) is 0.778. The van der Waals surface area contributed by atoms with E-state index in [1.54, 1.807) is 0 Å². The molecule has 1 aromatic rings. The van der Waals surface area contributed by atoms with Crippen molar-refractivity contribution >= 4 is 16.7 Å². The number of anilines is 1. The highest BCUT2D eigenvalue weighted by molar-refractivity contribution is 7.09. The SMILES string of the molecule is CCCNc1nc(COCCC)ns1. The van der Waals surface area contributed by atoms with Crippen molar-refractivity contribution in [3.05, 3.63) is 5.82 Å². The molecule has 0 atom stereocenters. The van der Waals surface area contributed by atoms with E-state index >= 15 is 0 Å². The van der Waals surface area contributed by atoms with E-state index in [-0.39, 0.29) is 0 Å². The summed E-state index contributed by atoms with van der Waals surface area (Å²) in [5.41, 5.74) is 0. The predicted octanol–water partition coefficient (Wildman–Crippen LogP) is 2.29. The fourth-order valence-corrected chi connectivity index (χ4v) is 1.52. The first-order valence-electron chi connectivity index (χ1n) is 5.01. The lowest BCUT2D eigenvalue weighted by molar-refractivity contribution is 0.117. The van der Waals surface area contributed by atoms with Gasteiger partial charge in [0.05, 0.1) is 0 Å². The van der Waals surface area contributed by atoms with E-state index in [4.69, 9.17) is 4.74 Å². The molecule has 14 heavy (non-hydrogen) atoms. The molecule has 0 bridgehead atoms. The van der Waals surface area contributed by atoms with Gasteiger partial charge in [-0.3, -0.25) is 0 Å². The van der Waals surface area contributed by atoms with Gasteiger partial charge in [0.1, 0.15) is 6.61 Å². The quantitative estimate of drug-likeness (QED) is 0.709.